The fourth-order valence-electron chi connectivity index (χ4n) is 1.87. The summed E-state index contributed by atoms with van der Waals surface area (Å²) in [6, 6.07) is 15.8. The molecule has 0 aromatic heterocycles. The standard InChI is InChI=1S/C17H17N3O3S/c1-13(15-5-3-2-4-6-15)18-19-17(21)12-24-11-14-7-9-16(10-8-14)20(22)23/h2-10,18H,1,11-12H2,(H,19,21). The first-order valence-electron chi connectivity index (χ1n) is 7.16. The smallest absolute Gasteiger partial charge is 0.269 e. The summed E-state index contributed by atoms with van der Waals surface area (Å²) in [4.78, 5) is 21.9. The number of nitro benzene ring substituents is 1. The zero-order valence-corrected chi connectivity index (χ0v) is 13.7. The highest BCUT2D eigenvalue weighted by molar-refractivity contribution is 7.99. The first-order chi connectivity index (χ1) is 11.6. The van der Waals surface area contributed by atoms with E-state index in [-0.39, 0.29) is 17.3 Å². The molecule has 0 heterocycles. The summed E-state index contributed by atoms with van der Waals surface area (Å²) >= 11 is 1.42. The van der Waals surface area contributed by atoms with Gasteiger partial charge in [0.15, 0.2) is 0 Å². The van der Waals surface area contributed by atoms with Crippen LogP contribution < -0.4 is 10.9 Å². The van der Waals surface area contributed by atoms with Crippen molar-refractivity contribution in [2.75, 3.05) is 5.75 Å². The van der Waals surface area contributed by atoms with E-state index in [9.17, 15) is 14.9 Å². The second-order valence-corrected chi connectivity index (χ2v) is 5.92. The Morgan fingerprint density at radius 3 is 2.38 bits per heavy atom. The van der Waals surface area contributed by atoms with E-state index in [0.717, 1.165) is 11.1 Å². The molecule has 0 fully saturated rings. The van der Waals surface area contributed by atoms with Gasteiger partial charge in [0.25, 0.3) is 5.69 Å². The predicted octanol–water partition coefficient (Wildman–Crippen LogP) is 3.12. The number of amides is 1. The second kappa shape index (κ2) is 8.73. The van der Waals surface area contributed by atoms with E-state index < -0.39 is 4.92 Å². The maximum absolute atomic E-state index is 11.8. The van der Waals surface area contributed by atoms with Crippen LogP contribution in [0.4, 0.5) is 5.69 Å². The lowest BCUT2D eigenvalue weighted by atomic mass is 10.2. The molecular formula is C17H17N3O3S. The predicted molar refractivity (Wildman–Crippen MR) is 96.0 cm³/mol. The molecule has 0 radical (unpaired) electrons. The lowest BCUT2D eigenvalue weighted by molar-refractivity contribution is -0.384. The number of rotatable bonds is 8. The van der Waals surface area contributed by atoms with Gasteiger partial charge in [-0.2, -0.15) is 0 Å². The first kappa shape index (κ1) is 17.6. The number of non-ortho nitro benzene ring substituents is 1. The number of hydrazine groups is 1. The molecule has 0 atom stereocenters. The second-order valence-electron chi connectivity index (χ2n) is 4.93. The highest BCUT2D eigenvalue weighted by Gasteiger charge is 2.06. The van der Waals surface area contributed by atoms with E-state index in [1.165, 1.54) is 23.9 Å². The number of benzene rings is 2. The number of hydrogen-bond acceptors (Lipinski definition) is 5. The van der Waals surface area contributed by atoms with E-state index in [1.54, 1.807) is 12.1 Å². The molecule has 2 rings (SSSR count). The average Bonchev–Trinajstić information content (AvgIpc) is 2.61. The van der Waals surface area contributed by atoms with Gasteiger partial charge in [0.05, 0.1) is 16.4 Å². The van der Waals surface area contributed by atoms with Crippen molar-refractivity contribution in [2.24, 2.45) is 0 Å². The van der Waals surface area contributed by atoms with Crippen molar-refractivity contribution in [2.45, 2.75) is 5.75 Å². The van der Waals surface area contributed by atoms with Gasteiger partial charge >= 0.3 is 0 Å². The molecule has 2 aromatic rings. The van der Waals surface area contributed by atoms with Crippen molar-refractivity contribution < 1.29 is 9.72 Å². The van der Waals surface area contributed by atoms with Crippen molar-refractivity contribution in [3.8, 4) is 0 Å². The van der Waals surface area contributed by atoms with Gasteiger partial charge in [-0.1, -0.05) is 49.0 Å². The molecule has 124 valence electrons. The quantitative estimate of drug-likeness (QED) is 0.568. The van der Waals surface area contributed by atoms with Crippen LogP contribution in [0, 0.1) is 10.1 Å². The SMILES string of the molecule is C=C(NNC(=O)CSCc1ccc([N+](=O)[O-])cc1)c1ccccc1. The van der Waals surface area contributed by atoms with E-state index in [0.29, 0.717) is 11.4 Å². The molecule has 0 aliphatic carbocycles. The fraction of sp³-hybridized carbons (Fsp3) is 0.118. The Labute approximate surface area is 144 Å². The number of carbonyl (C=O) groups is 1. The van der Waals surface area contributed by atoms with Gasteiger partial charge in [-0.3, -0.25) is 25.8 Å². The molecule has 0 aliphatic heterocycles. The van der Waals surface area contributed by atoms with Crippen LogP contribution in [0.5, 0.6) is 0 Å². The lowest BCUT2D eigenvalue weighted by Crippen LogP contribution is -2.37. The van der Waals surface area contributed by atoms with Gasteiger partial charge < -0.3 is 0 Å². The largest absolute Gasteiger partial charge is 0.299 e. The number of hydrogen-bond donors (Lipinski definition) is 2. The monoisotopic (exact) mass is 343 g/mol. The molecule has 0 bridgehead atoms. The summed E-state index contributed by atoms with van der Waals surface area (Å²) < 4.78 is 0. The highest BCUT2D eigenvalue weighted by Crippen LogP contribution is 2.16. The average molecular weight is 343 g/mol. The van der Waals surface area contributed by atoms with E-state index in [1.807, 2.05) is 30.3 Å². The number of nitro groups is 1. The Balaban J connectivity index is 1.69. The summed E-state index contributed by atoms with van der Waals surface area (Å²) in [6.07, 6.45) is 0. The molecule has 6 nitrogen and oxygen atoms in total. The van der Waals surface area contributed by atoms with Gasteiger partial charge in [-0.05, 0) is 11.1 Å². The summed E-state index contributed by atoms with van der Waals surface area (Å²) in [5.74, 6) is 0.705. The van der Waals surface area contributed by atoms with Crippen molar-refractivity contribution in [3.05, 3.63) is 82.4 Å². The zero-order valence-electron chi connectivity index (χ0n) is 12.9. The zero-order chi connectivity index (χ0) is 17.4. The number of nitrogens with one attached hydrogen (secondary N) is 2. The summed E-state index contributed by atoms with van der Waals surface area (Å²) in [7, 11) is 0. The van der Waals surface area contributed by atoms with Crippen LogP contribution in [0.15, 0.2) is 61.2 Å². The van der Waals surface area contributed by atoms with Crippen LogP contribution in [-0.4, -0.2) is 16.6 Å². The normalized spacial score (nSPS) is 10.0. The molecule has 0 saturated heterocycles. The Morgan fingerprint density at radius 2 is 1.75 bits per heavy atom. The molecule has 0 spiro atoms. The van der Waals surface area contributed by atoms with Gasteiger partial charge in [-0.15, -0.1) is 11.8 Å². The Bertz CT molecular complexity index is 718. The van der Waals surface area contributed by atoms with E-state index in [2.05, 4.69) is 17.4 Å². The van der Waals surface area contributed by atoms with Crippen LogP contribution in [0.3, 0.4) is 0 Å². The van der Waals surface area contributed by atoms with Crippen LogP contribution in [0.2, 0.25) is 0 Å². The number of thioether (sulfide) groups is 1. The highest BCUT2D eigenvalue weighted by atomic mass is 32.2. The molecule has 0 saturated carbocycles. The van der Waals surface area contributed by atoms with E-state index >= 15 is 0 Å². The summed E-state index contributed by atoms with van der Waals surface area (Å²) in [5.41, 5.74) is 7.88. The Hall–Kier alpha value is -2.80. The minimum atomic E-state index is -0.435. The molecule has 2 N–H and O–H groups in total. The Kier molecular flexibility index (Phi) is 6.39. The van der Waals surface area contributed by atoms with Crippen molar-refractivity contribution >= 4 is 29.1 Å². The van der Waals surface area contributed by atoms with Crippen molar-refractivity contribution in [3.63, 3.8) is 0 Å². The van der Waals surface area contributed by atoms with Gasteiger partial charge in [0, 0.05) is 17.9 Å². The molecule has 1 amide bonds. The molecule has 2 aromatic carbocycles. The molecule has 0 aliphatic rings. The van der Waals surface area contributed by atoms with Crippen LogP contribution in [0.1, 0.15) is 11.1 Å². The molecule has 0 unspecified atom stereocenters. The van der Waals surface area contributed by atoms with Gasteiger partial charge in [0.2, 0.25) is 5.91 Å². The third-order valence-electron chi connectivity index (χ3n) is 3.12. The summed E-state index contributed by atoms with van der Waals surface area (Å²) in [5, 5.41) is 10.6. The first-order valence-corrected chi connectivity index (χ1v) is 8.32. The minimum absolute atomic E-state index is 0.0603. The maximum atomic E-state index is 11.8. The van der Waals surface area contributed by atoms with Crippen LogP contribution in [0.25, 0.3) is 5.70 Å². The van der Waals surface area contributed by atoms with Crippen molar-refractivity contribution in [1.29, 1.82) is 0 Å². The summed E-state index contributed by atoms with van der Waals surface area (Å²) in [6.45, 7) is 3.86. The minimum Gasteiger partial charge on any atom is -0.299 e. The molecule has 24 heavy (non-hydrogen) atoms. The number of carbonyl (C=O) groups excluding carboxylic acids is 1. The lowest BCUT2D eigenvalue weighted by Gasteiger charge is -2.11. The third-order valence-corrected chi connectivity index (χ3v) is 4.13. The third kappa shape index (κ3) is 5.44. The molecular weight excluding hydrogens is 326 g/mol. The fourth-order valence-corrected chi connectivity index (χ4v) is 2.66. The van der Waals surface area contributed by atoms with E-state index in [4.69, 9.17) is 0 Å². The van der Waals surface area contributed by atoms with Gasteiger partial charge in [0.1, 0.15) is 0 Å². The number of nitrogens with zero attached hydrogens (tertiary/aromatic N) is 1. The van der Waals surface area contributed by atoms with Crippen molar-refractivity contribution in [1.82, 2.24) is 10.9 Å². The van der Waals surface area contributed by atoms with Crippen LogP contribution >= 0.6 is 11.8 Å². The van der Waals surface area contributed by atoms with Gasteiger partial charge in [-0.25, -0.2) is 0 Å². The topological polar surface area (TPSA) is 84.3 Å². The molecule has 7 heteroatoms. The Morgan fingerprint density at radius 1 is 1.08 bits per heavy atom. The maximum Gasteiger partial charge on any atom is 0.269 e. The van der Waals surface area contributed by atoms with Crippen LogP contribution in [-0.2, 0) is 10.5 Å².